The minimum absolute atomic E-state index is 0. The fourth-order valence-corrected chi connectivity index (χ4v) is 4.66. The molecule has 9 heteroatoms. The van der Waals surface area contributed by atoms with Crippen LogP contribution in [0.25, 0.3) is 11.4 Å². The number of hydrogen-bond donors (Lipinski definition) is 1. The van der Waals surface area contributed by atoms with E-state index in [4.69, 9.17) is 0 Å². The minimum Gasteiger partial charge on any atom is -0.612 e. The topological polar surface area (TPSA) is 88.2 Å². The summed E-state index contributed by atoms with van der Waals surface area (Å²) in [5, 5.41) is 6.78. The molecule has 1 aliphatic heterocycles. The molecule has 1 aromatic heterocycles. The van der Waals surface area contributed by atoms with Crippen LogP contribution in [-0.4, -0.2) is 74.4 Å². The van der Waals surface area contributed by atoms with Crippen molar-refractivity contribution >= 4 is 29.5 Å². The first-order valence-electron chi connectivity index (χ1n) is 10.9. The van der Waals surface area contributed by atoms with Crippen molar-refractivity contribution in [3.8, 4) is 11.4 Å². The molecule has 176 valence electrons. The van der Waals surface area contributed by atoms with Gasteiger partial charge in [0.25, 0.3) is 5.91 Å². The maximum absolute atomic E-state index is 12.9. The molecule has 1 N–H and O–H groups in total. The molecule has 1 saturated heterocycles. The Bertz CT molecular complexity index is 1000. The SMILES string of the molecule is CN(CCc1ccc([S+](C)[O-])cc1)C1CCN(C(=O)c2ccc(-c3nc[nH]n3)cc2)CC1.Cl. The standard InChI is InChI=1S/C24H29N5O2S.ClH/c1-28(14-11-18-3-9-22(10-4-18)32(2)31)21-12-15-29(16-13-21)24(30)20-7-5-19(6-8-20)23-25-17-26-27-23;/h3-10,17,21H,11-16H2,1-2H3,(H,25,26,27);1H. The molecule has 1 amide bonds. The quantitative estimate of drug-likeness (QED) is 0.516. The van der Waals surface area contributed by atoms with E-state index >= 15 is 0 Å². The number of nitrogens with one attached hydrogen (secondary N) is 1. The van der Waals surface area contributed by atoms with Crippen LogP contribution in [0.1, 0.15) is 28.8 Å². The Labute approximate surface area is 204 Å². The number of likely N-dealkylation sites (tertiary alicyclic amines) is 1. The minimum atomic E-state index is -0.933. The van der Waals surface area contributed by atoms with Gasteiger partial charge in [0.2, 0.25) is 0 Å². The van der Waals surface area contributed by atoms with Crippen LogP contribution in [0.15, 0.2) is 59.8 Å². The first-order valence-corrected chi connectivity index (χ1v) is 12.4. The number of likely N-dealkylation sites (N-methyl/N-ethyl adjacent to an activating group) is 1. The van der Waals surface area contributed by atoms with Crippen LogP contribution >= 0.6 is 12.4 Å². The lowest BCUT2D eigenvalue weighted by molar-refractivity contribution is 0.0647. The third-order valence-corrected chi connectivity index (χ3v) is 7.12. The van der Waals surface area contributed by atoms with Crippen molar-refractivity contribution in [1.29, 1.82) is 0 Å². The van der Waals surface area contributed by atoms with Crippen molar-refractivity contribution in [2.75, 3.05) is 32.9 Å². The molecule has 0 saturated carbocycles. The Kier molecular flexibility index (Phi) is 8.91. The molecule has 7 nitrogen and oxygen atoms in total. The Morgan fingerprint density at radius 1 is 1.15 bits per heavy atom. The first kappa shape index (κ1) is 25.2. The van der Waals surface area contributed by atoms with Gasteiger partial charge in [-0.3, -0.25) is 9.89 Å². The van der Waals surface area contributed by atoms with Crippen LogP contribution in [0.4, 0.5) is 0 Å². The van der Waals surface area contributed by atoms with E-state index in [1.807, 2.05) is 41.3 Å². The van der Waals surface area contributed by atoms with E-state index in [-0.39, 0.29) is 18.3 Å². The van der Waals surface area contributed by atoms with Crippen molar-refractivity contribution < 1.29 is 9.35 Å². The van der Waals surface area contributed by atoms with Gasteiger partial charge < -0.3 is 14.4 Å². The molecule has 1 aliphatic rings. The van der Waals surface area contributed by atoms with Crippen molar-refractivity contribution in [2.45, 2.75) is 30.2 Å². The van der Waals surface area contributed by atoms with Crippen LogP contribution in [0.2, 0.25) is 0 Å². The summed E-state index contributed by atoms with van der Waals surface area (Å²) in [5.41, 5.74) is 2.85. The van der Waals surface area contributed by atoms with Gasteiger partial charge in [-0.2, -0.15) is 5.10 Å². The van der Waals surface area contributed by atoms with Gasteiger partial charge in [-0.25, -0.2) is 4.98 Å². The molecule has 3 aromatic rings. The normalized spacial score (nSPS) is 15.3. The van der Waals surface area contributed by atoms with Crippen molar-refractivity contribution in [3.05, 3.63) is 66.0 Å². The summed E-state index contributed by atoms with van der Waals surface area (Å²) in [6.45, 7) is 2.51. The van der Waals surface area contributed by atoms with E-state index in [1.165, 1.54) is 5.56 Å². The number of amides is 1. The predicted octanol–water partition coefficient (Wildman–Crippen LogP) is 3.41. The highest BCUT2D eigenvalue weighted by Gasteiger charge is 2.25. The van der Waals surface area contributed by atoms with Gasteiger partial charge in [-0.1, -0.05) is 24.3 Å². The number of carbonyl (C=O) groups excluding carboxylic acids is 1. The number of halogens is 1. The molecule has 33 heavy (non-hydrogen) atoms. The maximum atomic E-state index is 12.9. The predicted molar refractivity (Wildman–Crippen MR) is 133 cm³/mol. The number of benzene rings is 2. The highest BCUT2D eigenvalue weighted by Crippen LogP contribution is 2.20. The van der Waals surface area contributed by atoms with Crippen LogP contribution in [0, 0.1) is 0 Å². The van der Waals surface area contributed by atoms with E-state index in [0.717, 1.165) is 49.4 Å². The van der Waals surface area contributed by atoms with Crippen LogP contribution < -0.4 is 0 Å². The molecule has 0 aliphatic carbocycles. The molecular weight excluding hydrogens is 458 g/mol. The first-order chi connectivity index (χ1) is 15.5. The van der Waals surface area contributed by atoms with E-state index in [0.29, 0.717) is 17.4 Å². The number of aromatic nitrogens is 3. The Balaban J connectivity index is 0.00000306. The zero-order valence-corrected chi connectivity index (χ0v) is 20.6. The number of H-pyrrole nitrogens is 1. The monoisotopic (exact) mass is 487 g/mol. The molecule has 0 spiro atoms. The third-order valence-electron chi connectivity index (χ3n) is 6.19. The molecule has 2 aromatic carbocycles. The number of aromatic amines is 1. The van der Waals surface area contributed by atoms with Gasteiger partial charge in [0, 0.05) is 36.8 Å². The zero-order chi connectivity index (χ0) is 22.5. The summed E-state index contributed by atoms with van der Waals surface area (Å²) in [5.74, 6) is 0.713. The summed E-state index contributed by atoms with van der Waals surface area (Å²) in [6.07, 6.45) is 6.16. The lowest BCUT2D eigenvalue weighted by atomic mass is 10.0. The Morgan fingerprint density at radius 3 is 2.39 bits per heavy atom. The number of rotatable bonds is 7. The lowest BCUT2D eigenvalue weighted by Crippen LogP contribution is -2.46. The van der Waals surface area contributed by atoms with Crippen LogP contribution in [-0.2, 0) is 17.6 Å². The fourth-order valence-electron chi connectivity index (χ4n) is 4.14. The molecule has 0 radical (unpaired) electrons. The fraction of sp³-hybridized carbons (Fsp3) is 0.375. The molecule has 1 atom stereocenters. The van der Waals surface area contributed by atoms with Crippen LogP contribution in [0.3, 0.4) is 0 Å². The third kappa shape index (κ3) is 6.35. The number of nitrogens with zero attached hydrogens (tertiary/aromatic N) is 4. The van der Waals surface area contributed by atoms with E-state index in [2.05, 4.69) is 39.3 Å². The summed E-state index contributed by atoms with van der Waals surface area (Å²) in [6, 6.07) is 16.0. The largest absolute Gasteiger partial charge is 0.612 e. The molecule has 1 fully saturated rings. The average Bonchev–Trinajstić information content (AvgIpc) is 3.37. The van der Waals surface area contributed by atoms with Gasteiger partial charge >= 0.3 is 0 Å². The van der Waals surface area contributed by atoms with Crippen molar-refractivity contribution in [3.63, 3.8) is 0 Å². The summed E-state index contributed by atoms with van der Waals surface area (Å²) >= 11 is -0.933. The van der Waals surface area contributed by atoms with Crippen LogP contribution in [0.5, 0.6) is 0 Å². The van der Waals surface area contributed by atoms with E-state index < -0.39 is 11.2 Å². The zero-order valence-electron chi connectivity index (χ0n) is 18.9. The second kappa shape index (κ2) is 11.7. The molecule has 1 unspecified atom stereocenters. The second-order valence-electron chi connectivity index (χ2n) is 8.25. The molecule has 0 bridgehead atoms. The van der Waals surface area contributed by atoms with Crippen molar-refractivity contribution in [2.24, 2.45) is 0 Å². The molecule has 4 rings (SSSR count). The number of hydrogen-bond acceptors (Lipinski definition) is 5. The lowest BCUT2D eigenvalue weighted by Gasteiger charge is -2.37. The van der Waals surface area contributed by atoms with Gasteiger partial charge in [0.1, 0.15) is 12.6 Å². The Morgan fingerprint density at radius 2 is 1.82 bits per heavy atom. The molecule has 2 heterocycles. The maximum Gasteiger partial charge on any atom is 0.253 e. The van der Waals surface area contributed by atoms with Gasteiger partial charge in [0.05, 0.1) is 0 Å². The van der Waals surface area contributed by atoms with Gasteiger partial charge in [-0.15, -0.1) is 12.4 Å². The molecular formula is C24H30ClN5O2S. The average molecular weight is 488 g/mol. The van der Waals surface area contributed by atoms with Gasteiger partial charge in [-0.05, 0) is 67.3 Å². The van der Waals surface area contributed by atoms with Crippen molar-refractivity contribution in [1.82, 2.24) is 25.0 Å². The smallest absolute Gasteiger partial charge is 0.253 e. The number of piperidine rings is 1. The highest BCUT2D eigenvalue weighted by molar-refractivity contribution is 7.90. The summed E-state index contributed by atoms with van der Waals surface area (Å²) in [4.78, 5) is 22.3. The van der Waals surface area contributed by atoms with E-state index in [9.17, 15) is 9.35 Å². The number of carbonyl (C=O) groups is 1. The summed E-state index contributed by atoms with van der Waals surface area (Å²) < 4.78 is 11.5. The summed E-state index contributed by atoms with van der Waals surface area (Å²) in [7, 11) is 2.17. The Hall–Kier alpha value is -2.39. The van der Waals surface area contributed by atoms with Gasteiger partial charge in [0.15, 0.2) is 10.7 Å². The van der Waals surface area contributed by atoms with E-state index in [1.54, 1.807) is 12.6 Å². The second-order valence-corrected chi connectivity index (χ2v) is 9.63. The highest BCUT2D eigenvalue weighted by atomic mass is 35.5.